The minimum absolute atomic E-state index is 0.249. The Hall–Kier alpha value is -1.27. The summed E-state index contributed by atoms with van der Waals surface area (Å²) in [6, 6.07) is 12.5. The molecule has 0 atom stereocenters. The van der Waals surface area contributed by atoms with Gasteiger partial charge in [-0.15, -0.1) is 0 Å². The number of hydrogen-bond acceptors (Lipinski definition) is 3. The van der Waals surface area contributed by atoms with Crippen LogP contribution in [0.1, 0.15) is 5.56 Å². The number of para-hydroxylation sites is 1. The molecule has 0 aromatic heterocycles. The van der Waals surface area contributed by atoms with E-state index in [1.165, 1.54) is 10.4 Å². The van der Waals surface area contributed by atoms with Gasteiger partial charge >= 0.3 is 0 Å². The van der Waals surface area contributed by atoms with E-state index in [1.807, 2.05) is 31.2 Å². The van der Waals surface area contributed by atoms with Gasteiger partial charge in [-0.2, -0.15) is 4.31 Å². The third-order valence-corrected chi connectivity index (χ3v) is 6.50. The van der Waals surface area contributed by atoms with Gasteiger partial charge in [0.1, 0.15) is 0 Å². The first kappa shape index (κ1) is 17.5. The zero-order valence-electron chi connectivity index (χ0n) is 13.2. The number of halogens is 2. The molecular formula is C17H18Cl2N2O2S. The first-order chi connectivity index (χ1) is 11.4. The maximum atomic E-state index is 12.8. The molecule has 0 spiro atoms. The van der Waals surface area contributed by atoms with E-state index in [4.69, 9.17) is 23.2 Å². The molecular weight excluding hydrogens is 367 g/mol. The highest BCUT2D eigenvalue weighted by Crippen LogP contribution is 2.28. The van der Waals surface area contributed by atoms with Gasteiger partial charge in [0.05, 0.1) is 15.6 Å². The van der Waals surface area contributed by atoms with Crippen LogP contribution < -0.4 is 4.90 Å². The predicted octanol–water partition coefficient (Wildman–Crippen LogP) is 3.81. The molecule has 7 heteroatoms. The quantitative estimate of drug-likeness (QED) is 0.807. The second-order valence-electron chi connectivity index (χ2n) is 5.81. The SMILES string of the molecule is Cc1cc(Cl)cc(S(=O)(=O)N2CCN(c3ccccc3Cl)CC2)c1. The lowest BCUT2D eigenvalue weighted by atomic mass is 10.2. The largest absolute Gasteiger partial charge is 0.368 e. The predicted molar refractivity (Wildman–Crippen MR) is 98.6 cm³/mol. The van der Waals surface area contributed by atoms with E-state index in [1.54, 1.807) is 12.1 Å². The topological polar surface area (TPSA) is 40.6 Å². The van der Waals surface area contributed by atoms with Crippen LogP contribution in [0.4, 0.5) is 5.69 Å². The number of anilines is 1. The molecule has 1 saturated heterocycles. The average molecular weight is 385 g/mol. The number of sulfonamides is 1. The first-order valence-electron chi connectivity index (χ1n) is 7.65. The van der Waals surface area contributed by atoms with E-state index in [-0.39, 0.29) is 4.90 Å². The molecule has 0 saturated carbocycles. The summed E-state index contributed by atoms with van der Waals surface area (Å²) in [7, 11) is -3.53. The van der Waals surface area contributed by atoms with E-state index >= 15 is 0 Å². The Bertz CT molecular complexity index is 827. The number of rotatable bonds is 3. The molecule has 0 aliphatic carbocycles. The van der Waals surface area contributed by atoms with Crippen molar-refractivity contribution in [1.82, 2.24) is 4.31 Å². The van der Waals surface area contributed by atoms with E-state index in [0.717, 1.165) is 11.3 Å². The molecule has 1 fully saturated rings. The summed E-state index contributed by atoms with van der Waals surface area (Å²) in [6.07, 6.45) is 0. The number of aryl methyl sites for hydroxylation is 1. The van der Waals surface area contributed by atoms with Crippen LogP contribution in [0.25, 0.3) is 0 Å². The monoisotopic (exact) mass is 384 g/mol. The van der Waals surface area contributed by atoms with Crippen LogP contribution in [0.2, 0.25) is 10.0 Å². The Kier molecular flexibility index (Phi) is 5.06. The van der Waals surface area contributed by atoms with E-state index in [9.17, 15) is 8.42 Å². The molecule has 24 heavy (non-hydrogen) atoms. The van der Waals surface area contributed by atoms with Gasteiger partial charge in [0, 0.05) is 31.2 Å². The van der Waals surface area contributed by atoms with Gasteiger partial charge in [-0.3, -0.25) is 0 Å². The van der Waals surface area contributed by atoms with Gasteiger partial charge in [0.15, 0.2) is 0 Å². The highest BCUT2D eigenvalue weighted by Gasteiger charge is 2.29. The van der Waals surface area contributed by atoms with Gasteiger partial charge in [-0.25, -0.2) is 8.42 Å². The van der Waals surface area contributed by atoms with E-state index < -0.39 is 10.0 Å². The third kappa shape index (κ3) is 3.54. The standard InChI is InChI=1S/C17H18Cl2N2O2S/c1-13-10-14(18)12-15(11-13)24(22,23)21-8-6-20(7-9-21)17-5-3-2-4-16(17)19/h2-5,10-12H,6-9H2,1H3. The number of piperazine rings is 1. The van der Waals surface area contributed by atoms with Crippen molar-refractivity contribution in [3.63, 3.8) is 0 Å². The van der Waals surface area contributed by atoms with E-state index in [0.29, 0.717) is 36.2 Å². The molecule has 0 amide bonds. The van der Waals surface area contributed by atoms with Crippen LogP contribution in [0, 0.1) is 6.92 Å². The van der Waals surface area contributed by atoms with Crippen LogP contribution in [0.15, 0.2) is 47.4 Å². The average Bonchev–Trinajstić information content (AvgIpc) is 2.54. The van der Waals surface area contributed by atoms with Crippen LogP contribution in [0.3, 0.4) is 0 Å². The lowest BCUT2D eigenvalue weighted by Gasteiger charge is -2.35. The second kappa shape index (κ2) is 6.92. The van der Waals surface area contributed by atoms with Crippen molar-refractivity contribution in [3.05, 3.63) is 58.1 Å². The fraction of sp³-hybridized carbons (Fsp3) is 0.294. The summed E-state index contributed by atoms with van der Waals surface area (Å²) in [6.45, 7) is 3.86. The molecule has 0 radical (unpaired) electrons. The Labute approximate surface area is 152 Å². The van der Waals surface area contributed by atoms with Crippen molar-refractivity contribution < 1.29 is 8.42 Å². The molecule has 1 aliphatic rings. The van der Waals surface area contributed by atoms with Gasteiger partial charge < -0.3 is 4.90 Å². The molecule has 4 nitrogen and oxygen atoms in total. The molecule has 0 N–H and O–H groups in total. The van der Waals surface area contributed by atoms with Crippen molar-refractivity contribution in [2.75, 3.05) is 31.1 Å². The van der Waals surface area contributed by atoms with Gasteiger partial charge in [-0.1, -0.05) is 35.3 Å². The number of benzene rings is 2. The highest BCUT2D eigenvalue weighted by atomic mass is 35.5. The summed E-state index contributed by atoms with van der Waals surface area (Å²) in [4.78, 5) is 2.36. The van der Waals surface area contributed by atoms with Crippen LogP contribution in [0.5, 0.6) is 0 Å². The molecule has 1 aliphatic heterocycles. The minimum Gasteiger partial charge on any atom is -0.368 e. The summed E-state index contributed by atoms with van der Waals surface area (Å²) in [5, 5.41) is 1.11. The fourth-order valence-corrected chi connectivity index (χ4v) is 5.04. The molecule has 0 unspecified atom stereocenters. The third-order valence-electron chi connectivity index (χ3n) is 4.09. The Morgan fingerprint density at radius 2 is 1.62 bits per heavy atom. The van der Waals surface area contributed by atoms with Crippen LogP contribution in [-0.2, 0) is 10.0 Å². The minimum atomic E-state index is -3.53. The van der Waals surface area contributed by atoms with Crippen molar-refractivity contribution in [3.8, 4) is 0 Å². The smallest absolute Gasteiger partial charge is 0.243 e. The Balaban J connectivity index is 1.77. The lowest BCUT2D eigenvalue weighted by Crippen LogP contribution is -2.48. The molecule has 3 rings (SSSR count). The second-order valence-corrected chi connectivity index (χ2v) is 8.59. The fourth-order valence-electron chi connectivity index (χ4n) is 2.88. The first-order valence-corrected chi connectivity index (χ1v) is 9.84. The van der Waals surface area contributed by atoms with Gasteiger partial charge in [-0.05, 0) is 42.8 Å². The zero-order chi connectivity index (χ0) is 17.3. The van der Waals surface area contributed by atoms with Crippen LogP contribution >= 0.6 is 23.2 Å². The summed E-state index contributed by atoms with van der Waals surface area (Å²) in [5.41, 5.74) is 1.77. The van der Waals surface area contributed by atoms with E-state index in [2.05, 4.69) is 4.90 Å². The molecule has 1 heterocycles. The summed E-state index contributed by atoms with van der Waals surface area (Å²) < 4.78 is 27.2. The Morgan fingerprint density at radius 1 is 0.958 bits per heavy atom. The summed E-state index contributed by atoms with van der Waals surface area (Å²) >= 11 is 12.2. The van der Waals surface area contributed by atoms with Gasteiger partial charge in [0.25, 0.3) is 0 Å². The number of nitrogens with zero attached hydrogens (tertiary/aromatic N) is 2. The molecule has 0 bridgehead atoms. The molecule has 2 aromatic carbocycles. The summed E-state index contributed by atoms with van der Waals surface area (Å²) in [5.74, 6) is 0. The highest BCUT2D eigenvalue weighted by molar-refractivity contribution is 7.89. The number of hydrogen-bond donors (Lipinski definition) is 0. The van der Waals surface area contributed by atoms with Crippen molar-refractivity contribution in [2.45, 2.75) is 11.8 Å². The molecule has 2 aromatic rings. The van der Waals surface area contributed by atoms with Crippen LogP contribution in [-0.4, -0.2) is 38.9 Å². The normalized spacial score (nSPS) is 16.4. The maximum absolute atomic E-state index is 12.8. The molecule has 128 valence electrons. The van der Waals surface area contributed by atoms with Gasteiger partial charge in [0.2, 0.25) is 10.0 Å². The van der Waals surface area contributed by atoms with Crippen molar-refractivity contribution in [1.29, 1.82) is 0 Å². The maximum Gasteiger partial charge on any atom is 0.243 e. The Morgan fingerprint density at radius 3 is 2.25 bits per heavy atom. The lowest BCUT2D eigenvalue weighted by molar-refractivity contribution is 0.385. The zero-order valence-corrected chi connectivity index (χ0v) is 15.6. The van der Waals surface area contributed by atoms with Crippen molar-refractivity contribution >= 4 is 38.9 Å². The van der Waals surface area contributed by atoms with Crippen molar-refractivity contribution in [2.24, 2.45) is 0 Å².